The van der Waals surface area contributed by atoms with Gasteiger partial charge in [0.15, 0.2) is 0 Å². The number of nitrogens with two attached hydrogens (primary N) is 1. The molecule has 1 atom stereocenters. The maximum atomic E-state index is 5.97. The molecule has 0 bridgehead atoms. The first kappa shape index (κ1) is 13.2. The molecular weight excluding hydrogens is 226 g/mol. The maximum Gasteiger partial charge on any atom is 0.127 e. The summed E-state index contributed by atoms with van der Waals surface area (Å²) < 4.78 is 11.2. The highest BCUT2D eigenvalue weighted by Crippen LogP contribution is 2.31. The smallest absolute Gasteiger partial charge is 0.127 e. The molecule has 2 N–H and O–H groups in total. The summed E-state index contributed by atoms with van der Waals surface area (Å²) in [4.78, 5) is 0. The standard InChI is InChI=1S/C15H23NO2/c1-11(16)14-8-7-13(17-2)9-15(14)18-10-12-5-3-4-6-12/h7-9,11-12H,3-6,10,16H2,1-2H3/t11-/m1/s1. The Labute approximate surface area is 109 Å². The minimum atomic E-state index is -0.0190. The van der Waals surface area contributed by atoms with E-state index in [1.165, 1.54) is 25.7 Å². The van der Waals surface area contributed by atoms with E-state index in [2.05, 4.69) is 0 Å². The van der Waals surface area contributed by atoms with Crippen LogP contribution in [-0.2, 0) is 0 Å². The van der Waals surface area contributed by atoms with Crippen LogP contribution in [0, 0.1) is 5.92 Å². The first-order valence-corrected chi connectivity index (χ1v) is 6.77. The van der Waals surface area contributed by atoms with Crippen LogP contribution >= 0.6 is 0 Å². The Morgan fingerprint density at radius 3 is 2.67 bits per heavy atom. The van der Waals surface area contributed by atoms with Crippen LogP contribution in [0.4, 0.5) is 0 Å². The van der Waals surface area contributed by atoms with Gasteiger partial charge in [0.05, 0.1) is 13.7 Å². The second-order valence-corrected chi connectivity index (χ2v) is 5.15. The number of hydrogen-bond acceptors (Lipinski definition) is 3. The third-order valence-corrected chi connectivity index (χ3v) is 3.66. The van der Waals surface area contributed by atoms with E-state index >= 15 is 0 Å². The highest BCUT2D eigenvalue weighted by Gasteiger charge is 2.17. The Morgan fingerprint density at radius 1 is 1.33 bits per heavy atom. The van der Waals surface area contributed by atoms with Crippen molar-refractivity contribution < 1.29 is 9.47 Å². The Kier molecular flexibility index (Phi) is 4.48. The van der Waals surface area contributed by atoms with Crippen LogP contribution in [0.1, 0.15) is 44.2 Å². The normalized spacial score (nSPS) is 17.7. The molecule has 100 valence electrons. The lowest BCUT2D eigenvalue weighted by molar-refractivity contribution is 0.248. The van der Waals surface area contributed by atoms with Crippen molar-refractivity contribution >= 4 is 0 Å². The Balaban J connectivity index is 2.07. The molecule has 3 heteroatoms. The van der Waals surface area contributed by atoms with Gasteiger partial charge in [0.2, 0.25) is 0 Å². The fourth-order valence-electron chi connectivity index (χ4n) is 2.53. The zero-order valence-corrected chi connectivity index (χ0v) is 11.3. The average molecular weight is 249 g/mol. The van der Waals surface area contributed by atoms with Crippen molar-refractivity contribution in [3.05, 3.63) is 23.8 Å². The molecule has 2 rings (SSSR count). The van der Waals surface area contributed by atoms with Crippen LogP contribution in [-0.4, -0.2) is 13.7 Å². The van der Waals surface area contributed by atoms with Crippen LogP contribution in [0.3, 0.4) is 0 Å². The summed E-state index contributed by atoms with van der Waals surface area (Å²) >= 11 is 0. The van der Waals surface area contributed by atoms with Gasteiger partial charge in [-0.1, -0.05) is 18.9 Å². The molecule has 18 heavy (non-hydrogen) atoms. The molecule has 1 aliphatic rings. The largest absolute Gasteiger partial charge is 0.497 e. The summed E-state index contributed by atoms with van der Waals surface area (Å²) in [6.07, 6.45) is 5.26. The molecule has 0 spiro atoms. The van der Waals surface area contributed by atoms with Crippen molar-refractivity contribution in [1.29, 1.82) is 0 Å². The molecule has 0 unspecified atom stereocenters. The highest BCUT2D eigenvalue weighted by atomic mass is 16.5. The van der Waals surface area contributed by atoms with E-state index in [0.29, 0.717) is 5.92 Å². The van der Waals surface area contributed by atoms with Crippen LogP contribution in [0.15, 0.2) is 18.2 Å². The average Bonchev–Trinajstić information content (AvgIpc) is 2.88. The number of methoxy groups -OCH3 is 1. The molecule has 1 aliphatic carbocycles. The zero-order chi connectivity index (χ0) is 13.0. The summed E-state index contributed by atoms with van der Waals surface area (Å²) in [6, 6.07) is 5.84. The third-order valence-electron chi connectivity index (χ3n) is 3.66. The predicted molar refractivity (Wildman–Crippen MR) is 73.0 cm³/mol. The lowest BCUT2D eigenvalue weighted by atomic mass is 10.1. The molecule has 0 heterocycles. The molecule has 0 aromatic heterocycles. The number of rotatable bonds is 5. The topological polar surface area (TPSA) is 44.5 Å². The van der Waals surface area contributed by atoms with Crippen LogP contribution < -0.4 is 15.2 Å². The molecule has 3 nitrogen and oxygen atoms in total. The van der Waals surface area contributed by atoms with Crippen LogP contribution in [0.2, 0.25) is 0 Å². The van der Waals surface area contributed by atoms with Crippen molar-refractivity contribution in [2.45, 2.75) is 38.6 Å². The molecule has 1 aromatic rings. The van der Waals surface area contributed by atoms with Crippen LogP contribution in [0.25, 0.3) is 0 Å². The molecule has 0 aliphatic heterocycles. The van der Waals surface area contributed by atoms with E-state index in [9.17, 15) is 0 Å². The lowest BCUT2D eigenvalue weighted by Crippen LogP contribution is -2.12. The minimum Gasteiger partial charge on any atom is -0.497 e. The van der Waals surface area contributed by atoms with Crippen molar-refractivity contribution in [1.82, 2.24) is 0 Å². The molecule has 0 amide bonds. The van der Waals surface area contributed by atoms with Gasteiger partial charge >= 0.3 is 0 Å². The molecule has 0 saturated heterocycles. The monoisotopic (exact) mass is 249 g/mol. The highest BCUT2D eigenvalue weighted by molar-refractivity contribution is 5.42. The Hall–Kier alpha value is -1.22. The van der Waals surface area contributed by atoms with Gasteiger partial charge in [0.1, 0.15) is 11.5 Å². The lowest BCUT2D eigenvalue weighted by Gasteiger charge is -2.17. The minimum absolute atomic E-state index is 0.0190. The number of benzene rings is 1. The zero-order valence-electron chi connectivity index (χ0n) is 11.3. The quantitative estimate of drug-likeness (QED) is 0.871. The second-order valence-electron chi connectivity index (χ2n) is 5.15. The van der Waals surface area contributed by atoms with Gasteiger partial charge in [-0.2, -0.15) is 0 Å². The van der Waals surface area contributed by atoms with Gasteiger partial charge in [-0.25, -0.2) is 0 Å². The van der Waals surface area contributed by atoms with Gasteiger partial charge in [-0.15, -0.1) is 0 Å². The molecule has 1 fully saturated rings. The van der Waals surface area contributed by atoms with E-state index in [0.717, 1.165) is 23.7 Å². The summed E-state index contributed by atoms with van der Waals surface area (Å²) in [5.41, 5.74) is 7.02. The van der Waals surface area contributed by atoms with Gasteiger partial charge in [-0.05, 0) is 31.7 Å². The van der Waals surface area contributed by atoms with E-state index < -0.39 is 0 Å². The van der Waals surface area contributed by atoms with E-state index in [4.69, 9.17) is 15.2 Å². The Morgan fingerprint density at radius 2 is 2.06 bits per heavy atom. The number of ether oxygens (including phenoxy) is 2. The molecular formula is C15H23NO2. The number of hydrogen-bond donors (Lipinski definition) is 1. The third kappa shape index (κ3) is 3.16. The van der Waals surface area contributed by atoms with Crippen molar-refractivity contribution in [3.63, 3.8) is 0 Å². The van der Waals surface area contributed by atoms with Gasteiger partial charge in [-0.3, -0.25) is 0 Å². The van der Waals surface area contributed by atoms with Gasteiger partial charge < -0.3 is 15.2 Å². The Bertz CT molecular complexity index is 384. The molecule has 1 saturated carbocycles. The molecule has 0 radical (unpaired) electrons. The predicted octanol–water partition coefficient (Wildman–Crippen LogP) is 3.28. The summed E-state index contributed by atoms with van der Waals surface area (Å²) in [5, 5.41) is 0. The van der Waals surface area contributed by atoms with E-state index in [-0.39, 0.29) is 6.04 Å². The van der Waals surface area contributed by atoms with Crippen molar-refractivity contribution in [2.75, 3.05) is 13.7 Å². The fourth-order valence-corrected chi connectivity index (χ4v) is 2.53. The van der Waals surface area contributed by atoms with Crippen molar-refractivity contribution in [2.24, 2.45) is 11.7 Å². The van der Waals surface area contributed by atoms with Gasteiger partial charge in [0.25, 0.3) is 0 Å². The van der Waals surface area contributed by atoms with Crippen molar-refractivity contribution in [3.8, 4) is 11.5 Å². The summed E-state index contributed by atoms with van der Waals surface area (Å²) in [5.74, 6) is 2.40. The maximum absolute atomic E-state index is 5.97. The fraction of sp³-hybridized carbons (Fsp3) is 0.600. The first-order valence-electron chi connectivity index (χ1n) is 6.77. The summed E-state index contributed by atoms with van der Waals surface area (Å²) in [7, 11) is 1.67. The van der Waals surface area contributed by atoms with Crippen LogP contribution in [0.5, 0.6) is 11.5 Å². The second kappa shape index (κ2) is 6.10. The summed E-state index contributed by atoms with van der Waals surface area (Å²) in [6.45, 7) is 2.77. The SMILES string of the molecule is COc1ccc([C@@H](C)N)c(OCC2CCCC2)c1. The first-order chi connectivity index (χ1) is 8.70. The molecule has 1 aromatic carbocycles. The van der Waals surface area contributed by atoms with E-state index in [1.807, 2.05) is 25.1 Å². The van der Waals surface area contributed by atoms with E-state index in [1.54, 1.807) is 7.11 Å². The van der Waals surface area contributed by atoms with Gasteiger partial charge in [0, 0.05) is 17.7 Å².